The lowest BCUT2D eigenvalue weighted by molar-refractivity contribution is -0.141. The molecule has 29 heavy (non-hydrogen) atoms. The van der Waals surface area contributed by atoms with Crippen LogP contribution in [0.5, 0.6) is 11.5 Å². The summed E-state index contributed by atoms with van der Waals surface area (Å²) in [5.74, 6) is -0.540. The third-order valence-corrected chi connectivity index (χ3v) is 4.24. The van der Waals surface area contributed by atoms with Crippen molar-refractivity contribution >= 4 is 22.8 Å². The number of furan rings is 1. The molecule has 0 saturated carbocycles. The molecule has 0 saturated heterocycles. The van der Waals surface area contributed by atoms with E-state index in [-0.39, 0.29) is 19.0 Å². The van der Waals surface area contributed by atoms with Crippen molar-refractivity contribution in [1.29, 1.82) is 0 Å². The van der Waals surface area contributed by atoms with Crippen molar-refractivity contribution in [2.45, 2.75) is 12.6 Å². The van der Waals surface area contributed by atoms with Crippen LogP contribution in [0.15, 0.2) is 52.9 Å². The molecule has 0 fully saturated rings. The molecular formula is C21H21NO7. The molecular weight excluding hydrogens is 378 g/mol. The average molecular weight is 399 g/mol. The molecule has 3 aromatic rings. The fourth-order valence-electron chi connectivity index (χ4n) is 2.72. The van der Waals surface area contributed by atoms with Crippen molar-refractivity contribution in [2.24, 2.45) is 0 Å². The minimum Gasteiger partial charge on any atom is -0.497 e. The maximum absolute atomic E-state index is 12.4. The van der Waals surface area contributed by atoms with Gasteiger partial charge in [0.15, 0.2) is 11.8 Å². The minimum absolute atomic E-state index is 0.00676. The van der Waals surface area contributed by atoms with Crippen molar-refractivity contribution in [3.63, 3.8) is 0 Å². The summed E-state index contributed by atoms with van der Waals surface area (Å²) in [6, 6.07) is 12.6. The van der Waals surface area contributed by atoms with Crippen molar-refractivity contribution in [1.82, 2.24) is 5.32 Å². The first kappa shape index (κ1) is 20.2. The molecule has 0 aliphatic carbocycles. The van der Waals surface area contributed by atoms with Crippen LogP contribution in [-0.4, -0.2) is 43.9 Å². The van der Waals surface area contributed by atoms with E-state index in [0.717, 1.165) is 5.56 Å². The lowest BCUT2D eigenvalue weighted by Gasteiger charge is -2.14. The highest BCUT2D eigenvalue weighted by atomic mass is 16.5. The summed E-state index contributed by atoms with van der Waals surface area (Å²) in [5.41, 5.74) is 1.32. The molecule has 0 aliphatic rings. The Morgan fingerprint density at radius 3 is 2.55 bits per heavy atom. The van der Waals surface area contributed by atoms with Crippen LogP contribution in [0.4, 0.5) is 0 Å². The lowest BCUT2D eigenvalue weighted by Crippen LogP contribution is -2.43. The highest BCUT2D eigenvalue weighted by molar-refractivity contribution is 5.98. The molecule has 0 spiro atoms. The number of hydrogen-bond acceptors (Lipinski definition) is 6. The molecule has 0 bridgehead atoms. The fourth-order valence-corrected chi connectivity index (χ4v) is 2.72. The summed E-state index contributed by atoms with van der Waals surface area (Å²) in [6.07, 6.45) is 0. The van der Waals surface area contributed by atoms with Gasteiger partial charge in [0.1, 0.15) is 17.1 Å². The third kappa shape index (κ3) is 5.05. The van der Waals surface area contributed by atoms with Gasteiger partial charge in [-0.15, -0.1) is 0 Å². The molecule has 0 radical (unpaired) electrons. The number of amides is 1. The van der Waals surface area contributed by atoms with E-state index in [2.05, 4.69) is 5.32 Å². The number of fused-ring (bicyclic) bond motifs is 1. The second-order valence-corrected chi connectivity index (χ2v) is 6.25. The SMILES string of the molecule is COc1cccc(COC[C@H](NC(=O)c2cc3cc(OC)ccc3o2)C(=O)O)c1. The zero-order valence-electron chi connectivity index (χ0n) is 16.0. The van der Waals surface area contributed by atoms with E-state index in [0.29, 0.717) is 22.5 Å². The molecule has 1 aromatic heterocycles. The molecule has 1 atom stereocenters. The molecule has 2 aromatic carbocycles. The van der Waals surface area contributed by atoms with Crippen LogP contribution in [0.1, 0.15) is 16.1 Å². The van der Waals surface area contributed by atoms with E-state index in [9.17, 15) is 14.7 Å². The minimum atomic E-state index is -1.23. The molecule has 0 unspecified atom stereocenters. The molecule has 152 valence electrons. The average Bonchev–Trinajstić information content (AvgIpc) is 3.16. The zero-order chi connectivity index (χ0) is 20.8. The smallest absolute Gasteiger partial charge is 0.328 e. The van der Waals surface area contributed by atoms with Crippen molar-refractivity contribution in [2.75, 3.05) is 20.8 Å². The summed E-state index contributed by atoms with van der Waals surface area (Å²) in [4.78, 5) is 23.9. The van der Waals surface area contributed by atoms with Gasteiger partial charge in [-0.25, -0.2) is 4.79 Å². The second kappa shape index (κ2) is 9.11. The topological polar surface area (TPSA) is 107 Å². The van der Waals surface area contributed by atoms with Gasteiger partial charge in [0.05, 0.1) is 27.4 Å². The fraction of sp³-hybridized carbons (Fsp3) is 0.238. The number of ether oxygens (including phenoxy) is 3. The number of hydrogen-bond donors (Lipinski definition) is 2. The van der Waals surface area contributed by atoms with Crippen LogP contribution in [-0.2, 0) is 16.1 Å². The second-order valence-electron chi connectivity index (χ2n) is 6.25. The Kier molecular flexibility index (Phi) is 6.36. The van der Waals surface area contributed by atoms with Gasteiger partial charge in [0.25, 0.3) is 5.91 Å². The summed E-state index contributed by atoms with van der Waals surface area (Å²) in [6.45, 7) is -0.0202. The van der Waals surface area contributed by atoms with Crippen LogP contribution < -0.4 is 14.8 Å². The Morgan fingerprint density at radius 2 is 1.83 bits per heavy atom. The predicted octanol–water partition coefficient (Wildman–Crippen LogP) is 2.85. The van der Waals surface area contributed by atoms with Gasteiger partial charge in [-0.2, -0.15) is 0 Å². The van der Waals surface area contributed by atoms with Crippen LogP contribution in [0.2, 0.25) is 0 Å². The van der Waals surface area contributed by atoms with Gasteiger partial charge in [-0.1, -0.05) is 12.1 Å². The lowest BCUT2D eigenvalue weighted by atomic mass is 10.2. The molecule has 0 aliphatic heterocycles. The van der Waals surface area contributed by atoms with Gasteiger partial charge in [0.2, 0.25) is 0 Å². The van der Waals surface area contributed by atoms with E-state index in [1.807, 2.05) is 12.1 Å². The first-order valence-corrected chi connectivity index (χ1v) is 8.82. The molecule has 8 heteroatoms. The quantitative estimate of drug-likeness (QED) is 0.570. The first-order valence-electron chi connectivity index (χ1n) is 8.82. The van der Waals surface area contributed by atoms with Crippen molar-refractivity contribution in [3.05, 3.63) is 59.9 Å². The van der Waals surface area contributed by atoms with Gasteiger partial charge in [-0.05, 0) is 42.0 Å². The van der Waals surface area contributed by atoms with Crippen LogP contribution in [0.3, 0.4) is 0 Å². The number of carboxylic acids is 1. The largest absolute Gasteiger partial charge is 0.497 e. The normalized spacial score (nSPS) is 11.8. The summed E-state index contributed by atoms with van der Waals surface area (Å²) in [7, 11) is 3.10. The molecule has 2 N–H and O–H groups in total. The van der Waals surface area contributed by atoms with Crippen LogP contribution in [0.25, 0.3) is 11.0 Å². The van der Waals surface area contributed by atoms with E-state index in [1.54, 1.807) is 37.4 Å². The number of carbonyl (C=O) groups is 2. The summed E-state index contributed by atoms with van der Waals surface area (Å²) >= 11 is 0. The van der Waals surface area contributed by atoms with E-state index < -0.39 is 17.9 Å². The Balaban J connectivity index is 1.62. The zero-order valence-corrected chi connectivity index (χ0v) is 16.0. The van der Waals surface area contributed by atoms with Gasteiger partial charge >= 0.3 is 5.97 Å². The molecule has 8 nitrogen and oxygen atoms in total. The number of methoxy groups -OCH3 is 2. The van der Waals surface area contributed by atoms with Crippen LogP contribution in [0, 0.1) is 0 Å². The van der Waals surface area contributed by atoms with E-state index >= 15 is 0 Å². The number of nitrogens with one attached hydrogen (secondary N) is 1. The monoisotopic (exact) mass is 399 g/mol. The summed E-state index contributed by atoms with van der Waals surface area (Å²) < 4.78 is 21.2. The number of rotatable bonds is 9. The van der Waals surface area contributed by atoms with E-state index in [1.165, 1.54) is 13.2 Å². The maximum atomic E-state index is 12.4. The Morgan fingerprint density at radius 1 is 1.07 bits per heavy atom. The number of aliphatic carboxylic acids is 1. The maximum Gasteiger partial charge on any atom is 0.328 e. The highest BCUT2D eigenvalue weighted by Gasteiger charge is 2.23. The molecule has 1 heterocycles. The standard InChI is InChI=1S/C21H21NO7/c1-26-15-5-3-4-13(8-15)11-28-12-17(21(24)25)22-20(23)19-10-14-9-16(27-2)6-7-18(14)29-19/h3-10,17H,11-12H2,1-2H3,(H,22,23)(H,24,25)/t17-/m0/s1. The molecule has 3 rings (SSSR count). The van der Waals surface area contributed by atoms with Gasteiger partial charge in [-0.3, -0.25) is 4.79 Å². The van der Waals surface area contributed by atoms with Gasteiger partial charge < -0.3 is 29.1 Å². The Bertz CT molecular complexity index is 1010. The summed E-state index contributed by atoms with van der Waals surface area (Å²) in [5, 5.41) is 12.5. The Hall–Kier alpha value is -3.52. The van der Waals surface area contributed by atoms with Crippen molar-refractivity contribution < 1.29 is 33.3 Å². The molecule has 1 amide bonds. The van der Waals surface area contributed by atoms with Crippen molar-refractivity contribution in [3.8, 4) is 11.5 Å². The predicted molar refractivity (Wildman–Crippen MR) is 104 cm³/mol. The Labute approximate surface area is 167 Å². The number of carboxylic acid groups (broad SMARTS) is 1. The van der Waals surface area contributed by atoms with Crippen LogP contribution >= 0.6 is 0 Å². The highest BCUT2D eigenvalue weighted by Crippen LogP contribution is 2.24. The van der Waals surface area contributed by atoms with Gasteiger partial charge in [0, 0.05) is 5.39 Å². The number of carbonyl (C=O) groups excluding carboxylic acids is 1. The third-order valence-electron chi connectivity index (χ3n) is 4.24. The number of benzene rings is 2. The van der Waals surface area contributed by atoms with E-state index in [4.69, 9.17) is 18.6 Å². The first-order chi connectivity index (χ1) is 14.0.